The van der Waals surface area contributed by atoms with Gasteiger partial charge in [-0.05, 0) is 48.6 Å². The van der Waals surface area contributed by atoms with E-state index in [1.54, 1.807) is 0 Å². The maximum absolute atomic E-state index is 12.3. The Bertz CT molecular complexity index is 1100. The number of nitrogens with one attached hydrogen (secondary N) is 1. The lowest BCUT2D eigenvalue weighted by atomic mass is 9.94. The summed E-state index contributed by atoms with van der Waals surface area (Å²) in [6.45, 7) is 10.0. The number of benzene rings is 1. The Morgan fingerprint density at radius 1 is 1.09 bits per heavy atom. The number of nitrogens with zero attached hydrogens (tertiary/aromatic N) is 3. The number of rotatable bonds is 5. The summed E-state index contributed by atoms with van der Waals surface area (Å²) >= 11 is 0. The van der Waals surface area contributed by atoms with Crippen LogP contribution in [0.15, 0.2) is 54.3 Å². The Morgan fingerprint density at radius 2 is 1.88 bits per heavy atom. The van der Waals surface area contributed by atoms with E-state index in [2.05, 4.69) is 52.7 Å². The second-order valence-corrected chi connectivity index (χ2v) is 9.66. The van der Waals surface area contributed by atoms with Crippen LogP contribution in [0.4, 0.5) is 4.79 Å². The van der Waals surface area contributed by atoms with Crippen LogP contribution in [-0.4, -0.2) is 66.2 Å². The minimum Gasteiger partial charge on any atom is -0.379 e. The molecule has 2 amide bonds. The highest BCUT2D eigenvalue weighted by Gasteiger charge is 2.24. The number of aromatic nitrogens is 1. The fraction of sp³-hybridized carbons (Fsp3) is 0.429. The van der Waals surface area contributed by atoms with Gasteiger partial charge in [-0.3, -0.25) is 9.88 Å². The lowest BCUT2D eigenvalue weighted by Crippen LogP contribution is -2.44. The molecule has 2 aromatic rings. The molecule has 2 aliphatic heterocycles. The highest BCUT2D eigenvalue weighted by atomic mass is 16.5. The third-order valence-electron chi connectivity index (χ3n) is 6.81. The lowest BCUT2D eigenvalue weighted by Gasteiger charge is -2.28. The topological polar surface area (TPSA) is 57.7 Å². The van der Waals surface area contributed by atoms with Crippen molar-refractivity contribution in [2.75, 3.05) is 39.4 Å². The van der Waals surface area contributed by atoms with Gasteiger partial charge in [0.05, 0.1) is 18.9 Å². The van der Waals surface area contributed by atoms with Crippen molar-refractivity contribution in [1.29, 1.82) is 0 Å². The summed E-state index contributed by atoms with van der Waals surface area (Å²) in [5.74, 6) is 0. The van der Waals surface area contributed by atoms with Crippen LogP contribution in [0.2, 0.25) is 0 Å². The van der Waals surface area contributed by atoms with Crippen molar-refractivity contribution in [2.24, 2.45) is 0 Å². The number of fused-ring (bicyclic) bond motifs is 1. The summed E-state index contributed by atoms with van der Waals surface area (Å²) in [5.41, 5.74) is 8.67. The quantitative estimate of drug-likeness (QED) is 0.727. The SMILES string of the molecule is CC(C)NC(=O)N1CC=C(C2=CCc3ncc(-c4ccc(CN5CCOCC5)cc4)cc32)CC1. The molecule has 0 unspecified atom stereocenters. The summed E-state index contributed by atoms with van der Waals surface area (Å²) in [6, 6.07) is 11.3. The molecule has 0 saturated carbocycles. The lowest BCUT2D eigenvalue weighted by molar-refractivity contribution is 0.0342. The Labute approximate surface area is 202 Å². The highest BCUT2D eigenvalue weighted by Crippen LogP contribution is 2.36. The molecule has 1 N–H and O–H groups in total. The molecular formula is C28H34N4O2. The summed E-state index contributed by atoms with van der Waals surface area (Å²) in [7, 11) is 0. The average Bonchev–Trinajstić information content (AvgIpc) is 3.28. The molecule has 0 radical (unpaired) electrons. The van der Waals surface area contributed by atoms with Crippen LogP contribution in [0, 0.1) is 0 Å². The molecular weight excluding hydrogens is 424 g/mol. The molecule has 5 rings (SSSR count). The normalized spacial score (nSPS) is 18.5. The van der Waals surface area contributed by atoms with Crippen LogP contribution in [0.5, 0.6) is 0 Å². The molecule has 3 aliphatic rings. The Kier molecular flexibility index (Phi) is 6.79. The Balaban J connectivity index is 1.28. The number of morpholine rings is 1. The van der Waals surface area contributed by atoms with Gasteiger partial charge in [0.15, 0.2) is 0 Å². The second-order valence-electron chi connectivity index (χ2n) is 9.66. The monoisotopic (exact) mass is 458 g/mol. The first-order valence-corrected chi connectivity index (χ1v) is 12.4. The van der Waals surface area contributed by atoms with Crippen LogP contribution < -0.4 is 5.32 Å². The van der Waals surface area contributed by atoms with Crippen LogP contribution in [-0.2, 0) is 17.7 Å². The van der Waals surface area contributed by atoms with Gasteiger partial charge in [0.25, 0.3) is 0 Å². The minimum absolute atomic E-state index is 0.0205. The summed E-state index contributed by atoms with van der Waals surface area (Å²) < 4.78 is 5.46. The fourth-order valence-corrected chi connectivity index (χ4v) is 4.92. The van der Waals surface area contributed by atoms with Gasteiger partial charge in [0, 0.05) is 62.5 Å². The molecule has 34 heavy (non-hydrogen) atoms. The van der Waals surface area contributed by atoms with E-state index in [9.17, 15) is 4.79 Å². The summed E-state index contributed by atoms with van der Waals surface area (Å²) in [4.78, 5) is 21.4. The van der Waals surface area contributed by atoms with E-state index >= 15 is 0 Å². The molecule has 0 spiro atoms. The predicted molar refractivity (Wildman–Crippen MR) is 135 cm³/mol. The Hall–Kier alpha value is -2.96. The van der Waals surface area contributed by atoms with Gasteiger partial charge >= 0.3 is 6.03 Å². The first kappa shape index (κ1) is 22.8. The molecule has 1 fully saturated rings. The van der Waals surface area contributed by atoms with E-state index in [1.807, 2.05) is 24.9 Å². The first-order valence-electron chi connectivity index (χ1n) is 12.4. The number of hydrogen-bond acceptors (Lipinski definition) is 4. The van der Waals surface area contributed by atoms with E-state index in [0.717, 1.165) is 63.5 Å². The van der Waals surface area contributed by atoms with Crippen molar-refractivity contribution in [3.8, 4) is 11.1 Å². The van der Waals surface area contributed by atoms with Gasteiger partial charge in [-0.1, -0.05) is 36.4 Å². The summed E-state index contributed by atoms with van der Waals surface area (Å²) in [5, 5.41) is 2.99. The van der Waals surface area contributed by atoms with Gasteiger partial charge in [-0.15, -0.1) is 0 Å². The largest absolute Gasteiger partial charge is 0.379 e. The van der Waals surface area contributed by atoms with Crippen LogP contribution in [0.3, 0.4) is 0 Å². The van der Waals surface area contributed by atoms with Crippen LogP contribution in [0.25, 0.3) is 16.7 Å². The molecule has 0 atom stereocenters. The number of carbonyl (C=O) groups is 1. The molecule has 1 aromatic carbocycles. The third-order valence-corrected chi connectivity index (χ3v) is 6.81. The van der Waals surface area contributed by atoms with Crippen LogP contribution in [0.1, 0.15) is 37.1 Å². The molecule has 178 valence electrons. The molecule has 1 saturated heterocycles. The average molecular weight is 459 g/mol. The van der Waals surface area contributed by atoms with E-state index in [1.165, 1.54) is 27.8 Å². The van der Waals surface area contributed by atoms with Crippen molar-refractivity contribution in [1.82, 2.24) is 20.1 Å². The van der Waals surface area contributed by atoms with Crippen molar-refractivity contribution < 1.29 is 9.53 Å². The number of allylic oxidation sites excluding steroid dienone is 2. The van der Waals surface area contributed by atoms with Crippen molar-refractivity contribution >= 4 is 11.6 Å². The van der Waals surface area contributed by atoms with Gasteiger partial charge in [-0.25, -0.2) is 4.79 Å². The van der Waals surface area contributed by atoms with E-state index in [4.69, 9.17) is 9.72 Å². The van der Waals surface area contributed by atoms with Gasteiger partial charge in [0.1, 0.15) is 0 Å². The zero-order chi connectivity index (χ0) is 23.5. The van der Waals surface area contributed by atoms with E-state index in [0.29, 0.717) is 6.54 Å². The molecule has 1 aromatic heterocycles. The minimum atomic E-state index is 0.0205. The zero-order valence-electron chi connectivity index (χ0n) is 20.2. The second kappa shape index (κ2) is 10.1. The molecule has 0 bridgehead atoms. The van der Waals surface area contributed by atoms with E-state index < -0.39 is 0 Å². The molecule has 6 nitrogen and oxygen atoms in total. The number of ether oxygens (including phenoxy) is 1. The van der Waals surface area contributed by atoms with Gasteiger partial charge in [-0.2, -0.15) is 0 Å². The third kappa shape index (κ3) is 5.08. The smallest absolute Gasteiger partial charge is 0.317 e. The van der Waals surface area contributed by atoms with Gasteiger partial charge < -0.3 is 15.0 Å². The van der Waals surface area contributed by atoms with Crippen molar-refractivity contribution in [3.63, 3.8) is 0 Å². The highest BCUT2D eigenvalue weighted by molar-refractivity contribution is 5.86. The van der Waals surface area contributed by atoms with Crippen LogP contribution >= 0.6 is 0 Å². The number of pyridine rings is 1. The fourth-order valence-electron chi connectivity index (χ4n) is 4.92. The maximum Gasteiger partial charge on any atom is 0.317 e. The van der Waals surface area contributed by atoms with Gasteiger partial charge in [0.2, 0.25) is 0 Å². The number of hydrogen-bond donors (Lipinski definition) is 1. The number of urea groups is 1. The summed E-state index contributed by atoms with van der Waals surface area (Å²) in [6.07, 6.45) is 8.25. The molecule has 3 heterocycles. The maximum atomic E-state index is 12.3. The van der Waals surface area contributed by atoms with Crippen molar-refractivity contribution in [2.45, 2.75) is 39.3 Å². The first-order chi connectivity index (χ1) is 16.6. The van der Waals surface area contributed by atoms with Crippen molar-refractivity contribution in [3.05, 3.63) is 71.1 Å². The molecule has 6 heteroatoms. The number of carbonyl (C=O) groups excluding carboxylic acids is 1. The molecule has 1 aliphatic carbocycles. The zero-order valence-corrected chi connectivity index (χ0v) is 20.2. The predicted octanol–water partition coefficient (Wildman–Crippen LogP) is 4.27. The van der Waals surface area contributed by atoms with E-state index in [-0.39, 0.29) is 12.1 Å². The standard InChI is InChI=1S/C28H34N4O2/c1-20(2)30-28(33)32-11-9-23(10-12-32)25-7-8-27-26(25)17-24(18-29-27)22-5-3-21(4-6-22)19-31-13-15-34-16-14-31/h3-7,9,17-18,20H,8,10-16,19H2,1-2H3,(H,30,33). The number of amides is 2. The Morgan fingerprint density at radius 3 is 2.59 bits per heavy atom.